The number of nitrogen functional groups attached to an aromatic ring is 1. The second-order valence-electron chi connectivity index (χ2n) is 2.06. The van der Waals surface area contributed by atoms with E-state index >= 15 is 0 Å². The number of nitrogens with zero attached hydrogens (tertiary/aromatic N) is 2. The molecule has 1 heterocycles. The van der Waals surface area contributed by atoms with Crippen LogP contribution in [0.3, 0.4) is 0 Å². The molecule has 0 saturated heterocycles. The molecule has 2 N–H and O–H groups in total. The van der Waals surface area contributed by atoms with Gasteiger partial charge in [0.2, 0.25) is 0 Å². The Morgan fingerprint density at radius 2 is 2.18 bits per heavy atom. The third kappa shape index (κ3) is 1.60. The number of hydrogen-bond donors (Lipinski definition) is 1. The van der Waals surface area contributed by atoms with Crippen LogP contribution in [-0.2, 0) is 0 Å². The zero-order valence-corrected chi connectivity index (χ0v) is 5.88. The van der Waals surface area contributed by atoms with Gasteiger partial charge in [-0.25, -0.2) is 18.7 Å². The molecule has 5 heteroatoms. The first-order chi connectivity index (χ1) is 5.11. The summed E-state index contributed by atoms with van der Waals surface area (Å²) in [5.74, 6) is 0.249. The van der Waals surface area contributed by atoms with Gasteiger partial charge in [0.1, 0.15) is 11.6 Å². The molecule has 1 rings (SSSR count). The molecule has 0 unspecified atom stereocenters. The van der Waals surface area contributed by atoms with Gasteiger partial charge in [0.25, 0.3) is 6.43 Å². The minimum Gasteiger partial charge on any atom is -0.383 e. The SMILES string of the molecule is Cc1ncc(C(F)F)c(N)n1. The van der Waals surface area contributed by atoms with E-state index in [1.165, 1.54) is 0 Å². The highest BCUT2D eigenvalue weighted by atomic mass is 19.3. The van der Waals surface area contributed by atoms with Gasteiger partial charge in [0.15, 0.2) is 0 Å². The summed E-state index contributed by atoms with van der Waals surface area (Å²) >= 11 is 0. The van der Waals surface area contributed by atoms with Crippen LogP contribution in [0.4, 0.5) is 14.6 Å². The predicted molar refractivity (Wildman–Crippen MR) is 36.1 cm³/mol. The van der Waals surface area contributed by atoms with Crippen molar-refractivity contribution in [3.05, 3.63) is 17.6 Å². The number of halogens is 2. The quantitative estimate of drug-likeness (QED) is 0.672. The average Bonchev–Trinajstić information content (AvgIpc) is 1.85. The van der Waals surface area contributed by atoms with Gasteiger partial charge in [-0.1, -0.05) is 0 Å². The van der Waals surface area contributed by atoms with Crippen LogP contribution >= 0.6 is 0 Å². The topological polar surface area (TPSA) is 51.8 Å². The molecule has 0 aromatic carbocycles. The number of nitrogens with two attached hydrogens (primary N) is 1. The van der Waals surface area contributed by atoms with Gasteiger partial charge in [-0.05, 0) is 6.92 Å². The lowest BCUT2D eigenvalue weighted by molar-refractivity contribution is 0.151. The fraction of sp³-hybridized carbons (Fsp3) is 0.333. The Hall–Kier alpha value is -1.26. The van der Waals surface area contributed by atoms with Gasteiger partial charge in [-0.3, -0.25) is 0 Å². The summed E-state index contributed by atoms with van der Waals surface area (Å²) in [6.45, 7) is 1.59. The smallest absolute Gasteiger partial charge is 0.268 e. The fourth-order valence-corrected chi connectivity index (χ4v) is 0.665. The Balaban J connectivity index is 3.09. The number of anilines is 1. The molecule has 1 aromatic heterocycles. The Morgan fingerprint density at radius 3 is 2.64 bits per heavy atom. The Morgan fingerprint density at radius 1 is 1.55 bits per heavy atom. The zero-order chi connectivity index (χ0) is 8.43. The van der Waals surface area contributed by atoms with E-state index in [4.69, 9.17) is 5.73 Å². The second-order valence-corrected chi connectivity index (χ2v) is 2.06. The van der Waals surface area contributed by atoms with Crippen LogP contribution in [0, 0.1) is 6.92 Å². The molecule has 0 saturated carbocycles. The Bertz CT molecular complexity index is 262. The molecule has 0 atom stereocenters. The number of alkyl halides is 2. The summed E-state index contributed by atoms with van der Waals surface area (Å²) < 4.78 is 24.0. The third-order valence-corrected chi connectivity index (χ3v) is 1.20. The Kier molecular flexibility index (Phi) is 1.98. The van der Waals surface area contributed by atoms with Crippen LogP contribution in [0.15, 0.2) is 6.20 Å². The van der Waals surface area contributed by atoms with Crippen LogP contribution < -0.4 is 5.73 Å². The Labute approximate surface area is 62.3 Å². The van der Waals surface area contributed by atoms with Crippen molar-refractivity contribution in [2.45, 2.75) is 13.3 Å². The van der Waals surface area contributed by atoms with E-state index in [1.807, 2.05) is 0 Å². The summed E-state index contributed by atoms with van der Waals surface area (Å²) in [7, 11) is 0. The lowest BCUT2D eigenvalue weighted by Gasteiger charge is -2.01. The molecule has 0 aliphatic rings. The summed E-state index contributed by atoms with van der Waals surface area (Å²) in [6, 6.07) is 0. The van der Waals surface area contributed by atoms with Crippen LogP contribution in [0.2, 0.25) is 0 Å². The third-order valence-electron chi connectivity index (χ3n) is 1.20. The van der Waals surface area contributed by atoms with Crippen molar-refractivity contribution in [1.29, 1.82) is 0 Å². The van der Waals surface area contributed by atoms with Crippen molar-refractivity contribution < 1.29 is 8.78 Å². The molecule has 0 spiro atoms. The molecular formula is C6H7F2N3. The molecule has 0 amide bonds. The molecule has 11 heavy (non-hydrogen) atoms. The molecule has 0 fully saturated rings. The lowest BCUT2D eigenvalue weighted by Crippen LogP contribution is -2.01. The van der Waals surface area contributed by atoms with Crippen LogP contribution in [-0.4, -0.2) is 9.97 Å². The van der Waals surface area contributed by atoms with Crippen LogP contribution in [0.25, 0.3) is 0 Å². The van der Waals surface area contributed by atoms with Crippen molar-refractivity contribution in [3.8, 4) is 0 Å². The van der Waals surface area contributed by atoms with E-state index in [9.17, 15) is 8.78 Å². The zero-order valence-electron chi connectivity index (χ0n) is 5.88. The summed E-state index contributed by atoms with van der Waals surface area (Å²) in [5, 5.41) is 0. The van der Waals surface area contributed by atoms with E-state index in [1.54, 1.807) is 6.92 Å². The largest absolute Gasteiger partial charge is 0.383 e. The summed E-state index contributed by atoms with van der Waals surface area (Å²) in [5.41, 5.74) is 4.88. The van der Waals surface area contributed by atoms with Gasteiger partial charge >= 0.3 is 0 Å². The van der Waals surface area contributed by atoms with Crippen LogP contribution in [0.1, 0.15) is 17.8 Å². The molecule has 1 aromatic rings. The van der Waals surface area contributed by atoms with Crippen molar-refractivity contribution in [3.63, 3.8) is 0 Å². The average molecular weight is 159 g/mol. The molecule has 0 bridgehead atoms. The van der Waals surface area contributed by atoms with Crippen molar-refractivity contribution in [1.82, 2.24) is 9.97 Å². The first-order valence-corrected chi connectivity index (χ1v) is 2.98. The molecule has 0 aliphatic carbocycles. The number of aryl methyl sites for hydroxylation is 1. The highest BCUT2D eigenvalue weighted by Crippen LogP contribution is 2.21. The molecule has 0 radical (unpaired) electrons. The van der Waals surface area contributed by atoms with E-state index in [2.05, 4.69) is 9.97 Å². The van der Waals surface area contributed by atoms with Crippen molar-refractivity contribution >= 4 is 5.82 Å². The standard InChI is InChI=1S/C6H7F2N3/c1-3-10-2-4(5(7)8)6(9)11-3/h2,5H,1H3,(H2,9,10,11). The summed E-state index contributed by atoms with van der Waals surface area (Å²) in [6.07, 6.45) is -1.56. The minimum atomic E-state index is -2.60. The highest BCUT2D eigenvalue weighted by Gasteiger charge is 2.12. The normalized spacial score (nSPS) is 10.5. The number of rotatable bonds is 1. The molecular weight excluding hydrogens is 152 g/mol. The van der Waals surface area contributed by atoms with Crippen molar-refractivity contribution in [2.75, 3.05) is 5.73 Å². The first kappa shape index (κ1) is 7.84. The number of aromatic nitrogens is 2. The maximum atomic E-state index is 12.0. The van der Waals surface area contributed by atoms with E-state index in [0.717, 1.165) is 6.20 Å². The minimum absolute atomic E-state index is 0.146. The molecule has 60 valence electrons. The molecule has 0 aliphatic heterocycles. The van der Waals surface area contributed by atoms with Gasteiger partial charge in [0, 0.05) is 6.20 Å². The van der Waals surface area contributed by atoms with Gasteiger partial charge in [0.05, 0.1) is 5.56 Å². The van der Waals surface area contributed by atoms with Gasteiger partial charge < -0.3 is 5.73 Å². The highest BCUT2D eigenvalue weighted by molar-refractivity contribution is 5.38. The maximum absolute atomic E-state index is 12.0. The number of hydrogen-bond acceptors (Lipinski definition) is 3. The lowest BCUT2D eigenvalue weighted by atomic mass is 10.3. The van der Waals surface area contributed by atoms with E-state index in [0.29, 0.717) is 5.82 Å². The van der Waals surface area contributed by atoms with E-state index < -0.39 is 6.43 Å². The maximum Gasteiger partial charge on any atom is 0.268 e. The molecule has 3 nitrogen and oxygen atoms in total. The second kappa shape index (κ2) is 2.77. The van der Waals surface area contributed by atoms with Crippen LogP contribution in [0.5, 0.6) is 0 Å². The van der Waals surface area contributed by atoms with Gasteiger partial charge in [-0.2, -0.15) is 0 Å². The van der Waals surface area contributed by atoms with E-state index in [-0.39, 0.29) is 11.4 Å². The predicted octanol–water partition coefficient (Wildman–Crippen LogP) is 1.30. The summed E-state index contributed by atoms with van der Waals surface area (Å²) in [4.78, 5) is 7.17. The fourth-order valence-electron chi connectivity index (χ4n) is 0.665. The van der Waals surface area contributed by atoms with Gasteiger partial charge in [-0.15, -0.1) is 0 Å². The van der Waals surface area contributed by atoms with Crippen molar-refractivity contribution in [2.24, 2.45) is 0 Å². The first-order valence-electron chi connectivity index (χ1n) is 2.98. The monoisotopic (exact) mass is 159 g/mol.